The van der Waals surface area contributed by atoms with E-state index in [9.17, 15) is 4.79 Å². The van der Waals surface area contributed by atoms with E-state index in [0.29, 0.717) is 31.0 Å². The van der Waals surface area contributed by atoms with E-state index in [2.05, 4.69) is 71.3 Å². The number of nitrogens with one attached hydrogen (secondary N) is 1. The third kappa shape index (κ3) is 5.06. The number of para-hydroxylation sites is 1. The molecule has 0 radical (unpaired) electrons. The van der Waals surface area contributed by atoms with Gasteiger partial charge in [0.25, 0.3) is 0 Å². The molecule has 0 spiro atoms. The van der Waals surface area contributed by atoms with E-state index < -0.39 is 0 Å². The zero-order valence-electron chi connectivity index (χ0n) is 24.9. The van der Waals surface area contributed by atoms with E-state index in [4.69, 9.17) is 4.74 Å². The molecule has 1 amide bonds. The van der Waals surface area contributed by atoms with Gasteiger partial charge in [0.2, 0.25) is 0 Å². The SMILES string of the molecule is CN1CC[C@@H]2c3cc(C4CCCCN(C(=O)OCc5ccccc5)CCc5c4[nH]c4ccccc54)ccc3N(C)[C@@H]2C1. The molecular weight excluding hydrogens is 520 g/mol. The van der Waals surface area contributed by atoms with Gasteiger partial charge in [-0.2, -0.15) is 0 Å². The van der Waals surface area contributed by atoms with Crippen LogP contribution in [0.5, 0.6) is 0 Å². The number of amides is 1. The minimum atomic E-state index is -0.215. The number of carbonyl (C=O) groups excluding carboxylic acids is 1. The molecule has 42 heavy (non-hydrogen) atoms. The lowest BCUT2D eigenvalue weighted by molar-refractivity contribution is 0.0956. The van der Waals surface area contributed by atoms with Crippen LogP contribution in [0.15, 0.2) is 72.8 Å². The summed E-state index contributed by atoms with van der Waals surface area (Å²) in [4.78, 5) is 24.0. The summed E-state index contributed by atoms with van der Waals surface area (Å²) in [6, 6.07) is 26.5. The van der Waals surface area contributed by atoms with Crippen LogP contribution >= 0.6 is 0 Å². The Morgan fingerprint density at radius 1 is 0.929 bits per heavy atom. The zero-order chi connectivity index (χ0) is 28.6. The number of likely N-dealkylation sites (N-methyl/N-ethyl adjacent to an activating group) is 2. The number of hydrogen-bond acceptors (Lipinski definition) is 4. The molecule has 3 atom stereocenters. The Morgan fingerprint density at radius 2 is 1.76 bits per heavy atom. The number of piperidine rings is 1. The van der Waals surface area contributed by atoms with Crippen LogP contribution in [-0.4, -0.2) is 67.2 Å². The summed E-state index contributed by atoms with van der Waals surface area (Å²) >= 11 is 0. The first-order valence-corrected chi connectivity index (χ1v) is 15.7. The van der Waals surface area contributed by atoms with Crippen molar-refractivity contribution in [2.24, 2.45) is 0 Å². The van der Waals surface area contributed by atoms with Crippen LogP contribution in [0, 0.1) is 0 Å². The van der Waals surface area contributed by atoms with Gasteiger partial charge in [0.1, 0.15) is 6.61 Å². The number of H-pyrrole nitrogens is 1. The Balaban J connectivity index is 1.18. The molecule has 7 rings (SSSR count). The third-order valence-corrected chi connectivity index (χ3v) is 9.98. The topological polar surface area (TPSA) is 51.8 Å². The number of rotatable bonds is 3. The van der Waals surface area contributed by atoms with Gasteiger partial charge in [0, 0.05) is 66.8 Å². The minimum absolute atomic E-state index is 0.215. The summed E-state index contributed by atoms with van der Waals surface area (Å²) in [6.45, 7) is 3.98. The van der Waals surface area contributed by atoms with Crippen LogP contribution in [-0.2, 0) is 17.8 Å². The van der Waals surface area contributed by atoms with Crippen molar-refractivity contribution in [3.63, 3.8) is 0 Å². The van der Waals surface area contributed by atoms with Crippen LogP contribution < -0.4 is 4.90 Å². The fraction of sp³-hybridized carbons (Fsp3) is 0.417. The van der Waals surface area contributed by atoms with Crippen molar-refractivity contribution in [1.29, 1.82) is 0 Å². The summed E-state index contributed by atoms with van der Waals surface area (Å²) in [5.41, 5.74) is 9.23. The number of benzene rings is 3. The first kappa shape index (κ1) is 27.1. The van der Waals surface area contributed by atoms with Gasteiger partial charge in [-0.25, -0.2) is 4.79 Å². The number of anilines is 1. The molecule has 4 aromatic rings. The largest absolute Gasteiger partial charge is 0.445 e. The van der Waals surface area contributed by atoms with E-state index in [1.165, 1.54) is 51.9 Å². The van der Waals surface area contributed by atoms with E-state index >= 15 is 0 Å². The number of hydrogen-bond donors (Lipinski definition) is 1. The zero-order valence-corrected chi connectivity index (χ0v) is 24.9. The first-order chi connectivity index (χ1) is 20.6. The van der Waals surface area contributed by atoms with Gasteiger partial charge in [-0.3, -0.25) is 0 Å². The van der Waals surface area contributed by atoms with Crippen LogP contribution in [0.25, 0.3) is 10.9 Å². The molecule has 1 aromatic heterocycles. The monoisotopic (exact) mass is 562 g/mol. The Kier molecular flexibility index (Phi) is 7.41. The Hall–Kier alpha value is -3.77. The van der Waals surface area contributed by atoms with Crippen LogP contribution in [0.2, 0.25) is 0 Å². The number of ether oxygens (including phenoxy) is 1. The van der Waals surface area contributed by atoms with Crippen LogP contribution in [0.1, 0.15) is 65.5 Å². The van der Waals surface area contributed by atoms with Gasteiger partial charge in [0.15, 0.2) is 0 Å². The second kappa shape index (κ2) is 11.5. The standard InChI is InChI=1S/C36H42N4O2/c1-38-20-17-29-31-22-26(15-16-33(31)39(2)34(29)23-38)27-12-8-9-19-40(36(41)42-24-25-10-4-3-5-11-25)21-18-30-28-13-6-7-14-32(28)37-35(27)30/h3-7,10-11,13-16,22,27,29,34,37H,8-9,12,17-21,23-24H2,1-2H3/t27?,29-,34-/m1/s1. The predicted octanol–water partition coefficient (Wildman–Crippen LogP) is 6.90. The quantitative estimate of drug-likeness (QED) is 0.295. The van der Waals surface area contributed by atoms with Gasteiger partial charge in [-0.1, -0.05) is 67.1 Å². The Bertz CT molecular complexity index is 1560. The van der Waals surface area contributed by atoms with Crippen molar-refractivity contribution in [3.05, 3.63) is 101 Å². The molecule has 1 fully saturated rings. The van der Waals surface area contributed by atoms with Crippen molar-refractivity contribution >= 4 is 22.7 Å². The highest BCUT2D eigenvalue weighted by molar-refractivity contribution is 5.85. The van der Waals surface area contributed by atoms with Gasteiger partial charge >= 0.3 is 6.09 Å². The summed E-state index contributed by atoms with van der Waals surface area (Å²) in [5, 5.41) is 1.27. The number of likely N-dealkylation sites (tertiary alicyclic amines) is 1. The maximum absolute atomic E-state index is 13.2. The molecule has 1 unspecified atom stereocenters. The summed E-state index contributed by atoms with van der Waals surface area (Å²) in [7, 11) is 4.53. The van der Waals surface area contributed by atoms with E-state index in [0.717, 1.165) is 44.3 Å². The van der Waals surface area contributed by atoms with Gasteiger partial charge in [-0.05, 0) is 73.7 Å². The maximum Gasteiger partial charge on any atom is 0.410 e. The molecule has 0 saturated carbocycles. The van der Waals surface area contributed by atoms with Crippen molar-refractivity contribution in [2.75, 3.05) is 45.2 Å². The smallest absolute Gasteiger partial charge is 0.410 e. The molecular formula is C36H42N4O2. The van der Waals surface area contributed by atoms with E-state index in [-0.39, 0.29) is 6.09 Å². The van der Waals surface area contributed by atoms with Crippen molar-refractivity contribution < 1.29 is 9.53 Å². The lowest BCUT2D eigenvalue weighted by Gasteiger charge is -2.36. The predicted molar refractivity (Wildman–Crippen MR) is 169 cm³/mol. The van der Waals surface area contributed by atoms with Gasteiger partial charge in [-0.15, -0.1) is 0 Å². The van der Waals surface area contributed by atoms with Crippen molar-refractivity contribution in [1.82, 2.24) is 14.8 Å². The molecule has 3 aromatic carbocycles. The second-order valence-corrected chi connectivity index (χ2v) is 12.5. The lowest BCUT2D eigenvalue weighted by atomic mass is 9.83. The molecule has 0 bridgehead atoms. The molecule has 3 aliphatic rings. The Morgan fingerprint density at radius 3 is 2.64 bits per heavy atom. The highest BCUT2D eigenvalue weighted by atomic mass is 16.6. The molecule has 218 valence electrons. The maximum atomic E-state index is 13.2. The highest BCUT2D eigenvalue weighted by Gasteiger charge is 2.40. The van der Waals surface area contributed by atoms with Gasteiger partial charge < -0.3 is 24.4 Å². The van der Waals surface area contributed by atoms with E-state index in [1.54, 1.807) is 0 Å². The molecule has 6 heteroatoms. The normalized spacial score (nSPS) is 22.9. The summed E-state index contributed by atoms with van der Waals surface area (Å²) in [5.74, 6) is 0.920. The fourth-order valence-electron chi connectivity index (χ4n) is 7.70. The molecule has 3 aliphatic heterocycles. The average Bonchev–Trinajstić information content (AvgIpc) is 3.52. The number of carbonyl (C=O) groups is 1. The highest BCUT2D eigenvalue weighted by Crippen LogP contribution is 2.46. The molecule has 0 aliphatic carbocycles. The fourth-order valence-corrected chi connectivity index (χ4v) is 7.70. The second-order valence-electron chi connectivity index (χ2n) is 12.5. The van der Waals surface area contributed by atoms with Crippen molar-refractivity contribution in [3.8, 4) is 0 Å². The van der Waals surface area contributed by atoms with Crippen LogP contribution in [0.3, 0.4) is 0 Å². The van der Waals surface area contributed by atoms with Crippen LogP contribution in [0.4, 0.5) is 10.5 Å². The Labute approximate surface area is 249 Å². The molecule has 1 N–H and O–H groups in total. The lowest BCUT2D eigenvalue weighted by Crippen LogP contribution is -2.45. The summed E-state index contributed by atoms with van der Waals surface area (Å²) in [6.07, 6.45) is 4.89. The molecule has 1 saturated heterocycles. The minimum Gasteiger partial charge on any atom is -0.445 e. The molecule has 6 nitrogen and oxygen atoms in total. The first-order valence-electron chi connectivity index (χ1n) is 15.7. The van der Waals surface area contributed by atoms with Gasteiger partial charge in [0.05, 0.1) is 0 Å². The average molecular weight is 563 g/mol. The van der Waals surface area contributed by atoms with E-state index in [1.807, 2.05) is 35.2 Å². The summed E-state index contributed by atoms with van der Waals surface area (Å²) < 4.78 is 5.76. The number of nitrogens with zero attached hydrogens (tertiary/aromatic N) is 3. The number of aromatic nitrogens is 1. The van der Waals surface area contributed by atoms with Crippen molar-refractivity contribution in [2.45, 2.75) is 56.6 Å². The number of aromatic amines is 1. The molecule has 4 heterocycles. The number of fused-ring (bicyclic) bond motifs is 6. The third-order valence-electron chi connectivity index (χ3n) is 9.98.